The maximum atomic E-state index is 12.4. The summed E-state index contributed by atoms with van der Waals surface area (Å²) in [5, 5.41) is 2.04. The average molecular weight is 420 g/mol. The number of benzene rings is 1. The van der Waals surface area contributed by atoms with Crippen LogP contribution in [0.4, 0.5) is 10.5 Å². The molecule has 0 unspecified atom stereocenters. The van der Waals surface area contributed by atoms with E-state index in [-0.39, 0.29) is 29.7 Å². The van der Waals surface area contributed by atoms with Gasteiger partial charge in [0.15, 0.2) is 0 Å². The first-order valence-corrected chi connectivity index (χ1v) is 9.55. The van der Waals surface area contributed by atoms with Crippen LogP contribution in [0.5, 0.6) is 0 Å². The van der Waals surface area contributed by atoms with Gasteiger partial charge < -0.3 is 15.1 Å². The maximum absolute atomic E-state index is 12.4. The minimum absolute atomic E-state index is 0.104. The highest BCUT2D eigenvalue weighted by Gasteiger charge is 2.24. The largest absolute Gasteiger partial charge is 0.368 e. The van der Waals surface area contributed by atoms with E-state index < -0.39 is 49.9 Å². The van der Waals surface area contributed by atoms with Crippen LogP contribution < -0.4 is 10.2 Å². The number of hydrogen-bond acceptors (Lipinski definition) is 3. The Balaban J connectivity index is 1.87. The lowest BCUT2D eigenvalue weighted by Gasteiger charge is -2.37. The van der Waals surface area contributed by atoms with Crippen LogP contribution in [0, 0.1) is 12.8 Å². The van der Waals surface area contributed by atoms with Crippen LogP contribution in [-0.4, -0.2) is 68.7 Å². The van der Waals surface area contributed by atoms with Crippen LogP contribution in [0.3, 0.4) is 0 Å². The molecule has 0 bridgehead atoms. The third kappa shape index (κ3) is 5.54. The van der Waals surface area contributed by atoms with Crippen molar-refractivity contribution >= 4 is 23.3 Å². The summed E-state index contributed by atoms with van der Waals surface area (Å²) in [6.07, 6.45) is -14.5. The Hall–Kier alpha value is -1.46. The molecule has 1 saturated heterocycles. The molecular weight excluding hydrogens is 372 g/mol. The molecule has 1 aromatic carbocycles. The third-order valence-electron chi connectivity index (χ3n) is 4.65. The van der Waals surface area contributed by atoms with Crippen LogP contribution in [-0.2, 0) is 0 Å². The van der Waals surface area contributed by atoms with Gasteiger partial charge in [-0.05, 0) is 62.9 Å². The van der Waals surface area contributed by atoms with Crippen molar-refractivity contribution in [3.05, 3.63) is 28.7 Å². The quantitative estimate of drug-likeness (QED) is 0.784. The normalized spacial score (nSPS) is 42.7. The third-order valence-corrected chi connectivity index (χ3v) is 5.11. The van der Waals surface area contributed by atoms with Crippen molar-refractivity contribution in [2.45, 2.75) is 44.9 Å². The number of carbonyl (C=O) groups excluding carboxylic acids is 1. The van der Waals surface area contributed by atoms with Gasteiger partial charge in [0.05, 0.1) is 16.2 Å². The van der Waals surface area contributed by atoms with Gasteiger partial charge in [-0.15, -0.1) is 0 Å². The van der Waals surface area contributed by atoms with Crippen molar-refractivity contribution in [1.29, 1.82) is 0 Å². The monoisotopic (exact) mass is 419 g/mol. The van der Waals surface area contributed by atoms with Crippen molar-refractivity contribution in [1.82, 2.24) is 15.1 Å². The summed E-state index contributed by atoms with van der Waals surface area (Å²) in [7, 11) is 2.50. The Labute approximate surface area is 193 Å². The summed E-state index contributed by atoms with van der Waals surface area (Å²) in [5.74, 6) is -3.00. The lowest BCUT2D eigenvalue weighted by Crippen LogP contribution is -2.47. The molecular formula is C22H35ClN4O. The van der Waals surface area contributed by atoms with Crippen LogP contribution in [0.1, 0.15) is 55.3 Å². The summed E-state index contributed by atoms with van der Waals surface area (Å²) in [6.45, 7) is 2.70. The molecule has 1 saturated carbocycles. The maximum Gasteiger partial charge on any atom is 0.317 e. The Morgan fingerprint density at radius 2 is 1.96 bits per heavy atom. The van der Waals surface area contributed by atoms with Crippen LogP contribution in [0.15, 0.2) is 18.1 Å². The standard InChI is InChI=1S/C22H35ClN4O/c1-17-5-4-6-20(21(17)23)27-15-13-26(14-16-27)12-11-18-7-9-19(10-8-18)24-22(28)25(2)3/h4-6,18-19H,7-16H2,1-3H3,(H,24,28)/t18-,19-/i4D,5D,6D,7D2,8D2,9D2,10D2,18D,19D. The molecule has 28 heavy (non-hydrogen) atoms. The molecule has 0 atom stereocenters. The van der Waals surface area contributed by atoms with Crippen molar-refractivity contribution in [2.24, 2.45) is 5.89 Å². The number of anilines is 1. The van der Waals surface area contributed by atoms with E-state index in [2.05, 4.69) is 0 Å². The highest BCUT2D eigenvalue weighted by molar-refractivity contribution is 6.34. The van der Waals surface area contributed by atoms with E-state index in [0.717, 1.165) is 4.90 Å². The molecule has 0 radical (unpaired) electrons. The zero-order chi connectivity index (χ0) is 31.7. The number of nitrogens with one attached hydrogen (secondary N) is 1. The predicted octanol–water partition coefficient (Wildman–Crippen LogP) is 3.99. The molecule has 2 fully saturated rings. The zero-order valence-electron chi connectivity index (χ0n) is 29.4. The molecule has 156 valence electrons. The highest BCUT2D eigenvalue weighted by atomic mass is 35.5. The number of hydrogen-bond donors (Lipinski definition) is 1. The van der Waals surface area contributed by atoms with Crippen molar-refractivity contribution in [3.8, 4) is 0 Å². The number of halogens is 1. The number of carbonyl (C=O) groups is 1. The molecule has 0 spiro atoms. The topological polar surface area (TPSA) is 38.8 Å². The molecule has 1 aromatic rings. The Bertz CT molecular complexity index is 1150. The second kappa shape index (κ2) is 9.84. The number of piperazine rings is 1. The van der Waals surface area contributed by atoms with Crippen LogP contribution >= 0.6 is 11.6 Å². The minimum atomic E-state index is -3.53. The van der Waals surface area contributed by atoms with Gasteiger partial charge in [-0.25, -0.2) is 4.79 Å². The Kier molecular flexibility index (Phi) is 3.52. The fourth-order valence-electron chi connectivity index (χ4n) is 2.90. The minimum Gasteiger partial charge on any atom is -0.368 e. The van der Waals surface area contributed by atoms with Crippen molar-refractivity contribution < 1.29 is 22.6 Å². The van der Waals surface area contributed by atoms with Crippen molar-refractivity contribution in [3.63, 3.8) is 0 Å². The molecule has 2 aliphatic rings. The van der Waals surface area contributed by atoms with Gasteiger partial charge in [-0.1, -0.05) is 23.7 Å². The van der Waals surface area contributed by atoms with E-state index in [1.807, 2.05) is 5.32 Å². The second-order valence-corrected chi connectivity index (χ2v) is 7.30. The van der Waals surface area contributed by atoms with E-state index in [1.54, 1.807) is 16.7 Å². The SMILES string of the molecule is [2H]c1c([2H])c(C)c(Cl)c(N2CCN(CC[C@]3([2H])C([2H])([2H])C([2H])([2H])[C@@]([2H])(NC(=O)N(C)C)C([2H])([2H])C3([2H])[2H])CC2)c1[2H]. The first-order valence-electron chi connectivity index (χ1n) is 15.7. The molecule has 5 nitrogen and oxygen atoms in total. The fourth-order valence-corrected chi connectivity index (χ4v) is 3.11. The van der Waals surface area contributed by atoms with E-state index >= 15 is 0 Å². The molecule has 1 aliphatic carbocycles. The van der Waals surface area contributed by atoms with E-state index in [9.17, 15) is 4.79 Å². The van der Waals surface area contributed by atoms with Gasteiger partial charge >= 0.3 is 6.03 Å². The first-order chi connectivity index (χ1) is 18.4. The van der Waals surface area contributed by atoms with Gasteiger partial charge in [0.2, 0.25) is 0 Å². The van der Waals surface area contributed by atoms with E-state index in [1.165, 1.54) is 14.1 Å². The molecule has 6 heteroatoms. The smallest absolute Gasteiger partial charge is 0.317 e. The molecule has 1 N–H and O–H groups in total. The van der Waals surface area contributed by atoms with Crippen LogP contribution in [0.25, 0.3) is 0 Å². The Morgan fingerprint density at radius 3 is 2.61 bits per heavy atom. The summed E-state index contributed by atoms with van der Waals surface area (Å²) in [4.78, 5) is 16.8. The van der Waals surface area contributed by atoms with E-state index in [0.29, 0.717) is 37.4 Å². The molecule has 1 heterocycles. The Morgan fingerprint density at radius 1 is 1.29 bits per heavy atom. The average Bonchev–Trinajstić information content (AvgIpc) is 2.88. The highest BCUT2D eigenvalue weighted by Crippen LogP contribution is 2.30. The summed E-state index contributed by atoms with van der Waals surface area (Å²) >= 11 is 6.41. The number of amides is 2. The molecule has 2 amide bonds. The van der Waals surface area contributed by atoms with Gasteiger partial charge in [0.1, 0.15) is 0 Å². The van der Waals surface area contributed by atoms with Gasteiger partial charge in [-0.3, -0.25) is 4.90 Å². The summed E-state index contributed by atoms with van der Waals surface area (Å²) in [5.41, 5.74) is 0.688. The van der Waals surface area contributed by atoms with E-state index in [4.69, 9.17) is 29.4 Å². The number of rotatable bonds is 5. The molecule has 1 aliphatic heterocycles. The summed E-state index contributed by atoms with van der Waals surface area (Å²) < 4.78 is 110. The van der Waals surface area contributed by atoms with Gasteiger partial charge in [-0.2, -0.15) is 0 Å². The lowest BCUT2D eigenvalue weighted by atomic mass is 9.84. The second-order valence-electron chi connectivity index (χ2n) is 6.92. The van der Waals surface area contributed by atoms with Gasteiger partial charge in [0, 0.05) is 58.6 Å². The van der Waals surface area contributed by atoms with Crippen LogP contribution in [0.2, 0.25) is 5.02 Å². The van der Waals surface area contributed by atoms with Gasteiger partial charge in [0.25, 0.3) is 0 Å². The number of urea groups is 1. The molecule has 3 rings (SSSR count). The number of nitrogens with zero attached hydrogens (tertiary/aromatic N) is 3. The predicted molar refractivity (Wildman–Crippen MR) is 117 cm³/mol. The van der Waals surface area contributed by atoms with Crippen molar-refractivity contribution in [2.75, 3.05) is 51.7 Å². The first kappa shape index (κ1) is 10.0. The fraction of sp³-hybridized carbons (Fsp3) is 0.682. The molecule has 0 aromatic heterocycles. The zero-order valence-corrected chi connectivity index (χ0v) is 17.1. The summed E-state index contributed by atoms with van der Waals surface area (Å²) in [6, 6.07) is -5.09. The lowest BCUT2D eigenvalue weighted by molar-refractivity contribution is 0.194.